The van der Waals surface area contributed by atoms with E-state index in [0.29, 0.717) is 11.3 Å². The van der Waals surface area contributed by atoms with Crippen molar-refractivity contribution in [1.29, 1.82) is 0 Å². The fraction of sp³-hybridized carbons (Fsp3) is 0.167. The Hall–Kier alpha value is -2.21. The molecular formula is C12H10ClN3O3. The summed E-state index contributed by atoms with van der Waals surface area (Å²) in [6, 6.07) is 5.69. The van der Waals surface area contributed by atoms with Crippen LogP contribution in [-0.2, 0) is 5.88 Å². The van der Waals surface area contributed by atoms with E-state index in [0.717, 1.165) is 5.56 Å². The van der Waals surface area contributed by atoms with Crippen LogP contribution in [0.5, 0.6) is 0 Å². The van der Waals surface area contributed by atoms with E-state index >= 15 is 0 Å². The van der Waals surface area contributed by atoms with Crippen LogP contribution in [0.1, 0.15) is 11.3 Å². The lowest BCUT2D eigenvalue weighted by molar-refractivity contribution is -0.384. The Bertz CT molecular complexity index is 697. The SMILES string of the molecule is Cc1ccc([N+](=O)[O-])cc1-c1nc(CCl)cc(=O)[nH]1. The van der Waals surface area contributed by atoms with Gasteiger partial charge in [0.25, 0.3) is 11.2 Å². The maximum Gasteiger partial charge on any atom is 0.270 e. The molecule has 0 bridgehead atoms. The quantitative estimate of drug-likeness (QED) is 0.531. The largest absolute Gasteiger partial charge is 0.307 e. The molecule has 0 fully saturated rings. The molecule has 0 unspecified atom stereocenters. The number of rotatable bonds is 3. The molecule has 98 valence electrons. The summed E-state index contributed by atoms with van der Waals surface area (Å²) in [5, 5.41) is 10.8. The number of nitro groups is 1. The van der Waals surface area contributed by atoms with Gasteiger partial charge in [0.1, 0.15) is 5.82 Å². The van der Waals surface area contributed by atoms with Crippen molar-refractivity contribution in [3.8, 4) is 11.4 Å². The summed E-state index contributed by atoms with van der Waals surface area (Å²) in [7, 11) is 0. The third-order valence-corrected chi connectivity index (χ3v) is 2.89. The number of halogens is 1. The second-order valence-electron chi connectivity index (χ2n) is 3.98. The number of nitrogens with one attached hydrogen (secondary N) is 1. The fourth-order valence-corrected chi connectivity index (χ4v) is 1.82. The maximum atomic E-state index is 11.5. The van der Waals surface area contributed by atoms with E-state index in [2.05, 4.69) is 9.97 Å². The molecule has 0 aliphatic rings. The van der Waals surface area contributed by atoms with Crippen LogP contribution in [-0.4, -0.2) is 14.9 Å². The zero-order chi connectivity index (χ0) is 14.0. The Morgan fingerprint density at radius 2 is 2.16 bits per heavy atom. The minimum absolute atomic E-state index is 0.0560. The molecule has 0 radical (unpaired) electrons. The molecule has 0 saturated carbocycles. The number of benzene rings is 1. The topological polar surface area (TPSA) is 88.9 Å². The number of non-ortho nitro benzene ring substituents is 1. The monoisotopic (exact) mass is 279 g/mol. The van der Waals surface area contributed by atoms with Gasteiger partial charge in [-0.3, -0.25) is 14.9 Å². The predicted octanol–water partition coefficient (Wildman–Crippen LogP) is 2.39. The average Bonchev–Trinajstić information content (AvgIpc) is 2.38. The van der Waals surface area contributed by atoms with Crippen LogP contribution < -0.4 is 5.56 Å². The third-order valence-electron chi connectivity index (χ3n) is 2.62. The first-order valence-corrected chi connectivity index (χ1v) is 5.96. The number of hydrogen-bond acceptors (Lipinski definition) is 4. The van der Waals surface area contributed by atoms with Crippen molar-refractivity contribution in [2.24, 2.45) is 0 Å². The zero-order valence-electron chi connectivity index (χ0n) is 10.0. The summed E-state index contributed by atoms with van der Waals surface area (Å²) in [6.07, 6.45) is 0. The minimum atomic E-state index is -0.494. The second-order valence-corrected chi connectivity index (χ2v) is 4.24. The first kappa shape index (κ1) is 13.2. The number of nitro benzene ring substituents is 1. The molecular weight excluding hydrogens is 270 g/mol. The molecule has 0 saturated heterocycles. The van der Waals surface area contributed by atoms with Crippen molar-refractivity contribution in [3.63, 3.8) is 0 Å². The van der Waals surface area contributed by atoms with E-state index in [9.17, 15) is 14.9 Å². The molecule has 0 aliphatic carbocycles. The smallest absolute Gasteiger partial charge is 0.270 e. The van der Waals surface area contributed by atoms with Gasteiger partial charge in [0.15, 0.2) is 0 Å². The van der Waals surface area contributed by atoms with Gasteiger partial charge in [-0.2, -0.15) is 0 Å². The fourth-order valence-electron chi connectivity index (χ4n) is 1.68. The molecule has 19 heavy (non-hydrogen) atoms. The average molecular weight is 280 g/mol. The van der Waals surface area contributed by atoms with Crippen LogP contribution in [0.3, 0.4) is 0 Å². The minimum Gasteiger partial charge on any atom is -0.307 e. The van der Waals surface area contributed by atoms with Gasteiger partial charge in [0.2, 0.25) is 0 Å². The van der Waals surface area contributed by atoms with Gasteiger partial charge in [0, 0.05) is 23.8 Å². The van der Waals surface area contributed by atoms with Crippen molar-refractivity contribution in [3.05, 3.63) is 56.0 Å². The Labute approximate surface area is 113 Å². The summed E-state index contributed by atoms with van der Waals surface area (Å²) >= 11 is 5.66. The third kappa shape index (κ3) is 2.79. The summed E-state index contributed by atoms with van der Waals surface area (Å²) in [6.45, 7) is 1.78. The summed E-state index contributed by atoms with van der Waals surface area (Å²) in [5.41, 5.74) is 1.32. The van der Waals surface area contributed by atoms with Gasteiger partial charge in [-0.15, -0.1) is 11.6 Å². The van der Waals surface area contributed by atoms with Crippen molar-refractivity contribution >= 4 is 17.3 Å². The summed E-state index contributed by atoms with van der Waals surface area (Å²) < 4.78 is 0. The van der Waals surface area contributed by atoms with Crippen LogP contribution in [0.15, 0.2) is 29.1 Å². The number of H-pyrrole nitrogens is 1. The second kappa shape index (κ2) is 5.19. The van der Waals surface area contributed by atoms with E-state index in [1.807, 2.05) is 0 Å². The molecule has 1 heterocycles. The Balaban J connectivity index is 2.63. The lowest BCUT2D eigenvalue weighted by Crippen LogP contribution is -2.10. The number of aromatic nitrogens is 2. The molecule has 7 heteroatoms. The van der Waals surface area contributed by atoms with Crippen LogP contribution in [0.2, 0.25) is 0 Å². The number of aromatic amines is 1. The van der Waals surface area contributed by atoms with Gasteiger partial charge >= 0.3 is 0 Å². The van der Waals surface area contributed by atoms with Gasteiger partial charge in [-0.05, 0) is 12.5 Å². The van der Waals surface area contributed by atoms with Crippen molar-refractivity contribution in [2.45, 2.75) is 12.8 Å². The van der Waals surface area contributed by atoms with E-state index < -0.39 is 4.92 Å². The van der Waals surface area contributed by atoms with Crippen molar-refractivity contribution in [2.75, 3.05) is 0 Å². The zero-order valence-corrected chi connectivity index (χ0v) is 10.8. The van der Waals surface area contributed by atoms with Crippen LogP contribution in [0, 0.1) is 17.0 Å². The number of aryl methyl sites for hydroxylation is 1. The molecule has 0 amide bonds. The highest BCUT2D eigenvalue weighted by atomic mass is 35.5. The lowest BCUT2D eigenvalue weighted by Gasteiger charge is -2.06. The van der Waals surface area contributed by atoms with E-state index in [1.165, 1.54) is 18.2 Å². The van der Waals surface area contributed by atoms with Gasteiger partial charge < -0.3 is 4.98 Å². The molecule has 1 N–H and O–H groups in total. The van der Waals surface area contributed by atoms with E-state index in [4.69, 9.17) is 11.6 Å². The summed E-state index contributed by atoms with van der Waals surface area (Å²) in [4.78, 5) is 28.5. The van der Waals surface area contributed by atoms with Crippen LogP contribution >= 0.6 is 11.6 Å². The molecule has 0 atom stereocenters. The van der Waals surface area contributed by atoms with Gasteiger partial charge in [0.05, 0.1) is 16.5 Å². The lowest BCUT2D eigenvalue weighted by atomic mass is 10.1. The Morgan fingerprint density at radius 3 is 2.79 bits per heavy atom. The molecule has 1 aromatic carbocycles. The van der Waals surface area contributed by atoms with E-state index in [1.54, 1.807) is 13.0 Å². The first-order chi connectivity index (χ1) is 9.01. The highest BCUT2D eigenvalue weighted by Crippen LogP contribution is 2.24. The van der Waals surface area contributed by atoms with Gasteiger partial charge in [-0.1, -0.05) is 6.07 Å². The van der Waals surface area contributed by atoms with Gasteiger partial charge in [-0.25, -0.2) is 4.98 Å². The van der Waals surface area contributed by atoms with Crippen molar-refractivity contribution < 1.29 is 4.92 Å². The highest BCUT2D eigenvalue weighted by Gasteiger charge is 2.12. The standard InChI is InChI=1S/C12H10ClN3O3/c1-7-2-3-9(16(18)19)5-10(7)12-14-8(6-13)4-11(17)15-12/h2-5H,6H2,1H3,(H,14,15,17). The van der Waals surface area contributed by atoms with E-state index in [-0.39, 0.29) is 23.0 Å². The normalized spacial score (nSPS) is 10.4. The molecule has 1 aromatic heterocycles. The Morgan fingerprint density at radius 1 is 1.42 bits per heavy atom. The van der Waals surface area contributed by atoms with Crippen LogP contribution in [0.25, 0.3) is 11.4 Å². The number of alkyl halides is 1. The number of hydrogen-bond donors (Lipinski definition) is 1. The highest BCUT2D eigenvalue weighted by molar-refractivity contribution is 6.16. The molecule has 2 aromatic rings. The molecule has 2 rings (SSSR count). The van der Waals surface area contributed by atoms with Crippen molar-refractivity contribution in [1.82, 2.24) is 9.97 Å². The maximum absolute atomic E-state index is 11.5. The Kier molecular flexibility index (Phi) is 3.62. The molecule has 6 nitrogen and oxygen atoms in total. The summed E-state index contributed by atoms with van der Waals surface area (Å²) in [5.74, 6) is 0.384. The molecule has 0 aliphatic heterocycles. The number of nitrogens with zero attached hydrogens (tertiary/aromatic N) is 2. The molecule has 0 spiro atoms. The predicted molar refractivity (Wildman–Crippen MR) is 71.2 cm³/mol. The van der Waals surface area contributed by atoms with Crippen LogP contribution in [0.4, 0.5) is 5.69 Å². The first-order valence-electron chi connectivity index (χ1n) is 5.43.